The summed E-state index contributed by atoms with van der Waals surface area (Å²) in [6.07, 6.45) is 4.38. The summed E-state index contributed by atoms with van der Waals surface area (Å²) < 4.78 is 1.83. The fraction of sp³-hybridized carbons (Fsp3) is 0.818. The molecule has 1 unspecified atom stereocenters. The standard InChI is InChI=1S/C11H20N4/c1-8(2)11(9-4-5-9)12-6-10-13-7-14-15(10)3/h7-9,11-12H,4-6H2,1-3H3. The lowest BCUT2D eigenvalue weighted by atomic mass is 10.00. The number of rotatable bonds is 5. The highest BCUT2D eigenvalue weighted by atomic mass is 15.3. The van der Waals surface area contributed by atoms with Gasteiger partial charge in [0.05, 0.1) is 6.54 Å². The van der Waals surface area contributed by atoms with E-state index in [2.05, 4.69) is 29.2 Å². The van der Waals surface area contributed by atoms with Gasteiger partial charge in [-0.25, -0.2) is 4.98 Å². The molecule has 4 heteroatoms. The van der Waals surface area contributed by atoms with E-state index in [9.17, 15) is 0 Å². The van der Waals surface area contributed by atoms with Gasteiger partial charge >= 0.3 is 0 Å². The lowest BCUT2D eigenvalue weighted by Crippen LogP contribution is -2.36. The first-order chi connectivity index (χ1) is 7.18. The molecule has 0 bridgehead atoms. The van der Waals surface area contributed by atoms with Crippen molar-refractivity contribution in [3.63, 3.8) is 0 Å². The highest BCUT2D eigenvalue weighted by Gasteiger charge is 2.32. The molecule has 1 aromatic rings. The van der Waals surface area contributed by atoms with Crippen LogP contribution in [0.3, 0.4) is 0 Å². The van der Waals surface area contributed by atoms with Crippen molar-refractivity contribution in [2.75, 3.05) is 0 Å². The van der Waals surface area contributed by atoms with Crippen LogP contribution in [0.25, 0.3) is 0 Å². The Hall–Kier alpha value is -0.900. The molecule has 0 saturated heterocycles. The zero-order valence-corrected chi connectivity index (χ0v) is 9.77. The fourth-order valence-electron chi connectivity index (χ4n) is 2.09. The van der Waals surface area contributed by atoms with Crippen LogP contribution in [0.2, 0.25) is 0 Å². The van der Waals surface area contributed by atoms with Gasteiger partial charge in [0.25, 0.3) is 0 Å². The molecular weight excluding hydrogens is 188 g/mol. The molecule has 1 N–H and O–H groups in total. The maximum Gasteiger partial charge on any atom is 0.140 e. The summed E-state index contributed by atoms with van der Waals surface area (Å²) in [5.74, 6) is 2.60. The van der Waals surface area contributed by atoms with E-state index < -0.39 is 0 Å². The summed E-state index contributed by atoms with van der Waals surface area (Å²) in [5.41, 5.74) is 0. The third-order valence-electron chi connectivity index (χ3n) is 3.15. The summed E-state index contributed by atoms with van der Waals surface area (Å²) in [6.45, 7) is 5.40. The number of aryl methyl sites for hydroxylation is 1. The van der Waals surface area contributed by atoms with Crippen LogP contribution in [0.5, 0.6) is 0 Å². The Kier molecular flexibility index (Phi) is 3.05. The van der Waals surface area contributed by atoms with Crippen molar-refractivity contribution < 1.29 is 0 Å². The van der Waals surface area contributed by atoms with E-state index in [4.69, 9.17) is 0 Å². The first kappa shape index (κ1) is 10.6. The SMILES string of the molecule is CC(C)C(NCc1ncnn1C)C1CC1. The van der Waals surface area contributed by atoms with Gasteiger partial charge < -0.3 is 5.32 Å². The van der Waals surface area contributed by atoms with Crippen molar-refractivity contribution in [3.05, 3.63) is 12.2 Å². The van der Waals surface area contributed by atoms with Crippen LogP contribution in [0.15, 0.2) is 6.33 Å². The van der Waals surface area contributed by atoms with E-state index in [1.807, 2.05) is 11.7 Å². The predicted octanol–water partition coefficient (Wildman–Crippen LogP) is 1.34. The van der Waals surface area contributed by atoms with Gasteiger partial charge in [-0.3, -0.25) is 4.68 Å². The van der Waals surface area contributed by atoms with Gasteiger partial charge in [0.15, 0.2) is 0 Å². The molecule has 1 aliphatic rings. The Morgan fingerprint density at radius 1 is 1.53 bits per heavy atom. The van der Waals surface area contributed by atoms with Crippen LogP contribution < -0.4 is 5.32 Å². The maximum atomic E-state index is 4.22. The van der Waals surface area contributed by atoms with E-state index in [1.54, 1.807) is 6.33 Å². The van der Waals surface area contributed by atoms with Gasteiger partial charge in [0, 0.05) is 13.1 Å². The zero-order chi connectivity index (χ0) is 10.8. The van der Waals surface area contributed by atoms with E-state index in [1.165, 1.54) is 12.8 Å². The molecule has 0 aromatic carbocycles. The van der Waals surface area contributed by atoms with E-state index >= 15 is 0 Å². The first-order valence-corrected chi connectivity index (χ1v) is 5.74. The fourth-order valence-corrected chi connectivity index (χ4v) is 2.09. The molecule has 2 rings (SSSR count). The normalized spacial score (nSPS) is 18.4. The van der Waals surface area contributed by atoms with Crippen molar-refractivity contribution in [1.82, 2.24) is 20.1 Å². The summed E-state index contributed by atoms with van der Waals surface area (Å²) >= 11 is 0. The quantitative estimate of drug-likeness (QED) is 0.794. The molecule has 1 atom stereocenters. The average Bonchev–Trinajstić information content (AvgIpc) is 2.92. The second-order valence-electron chi connectivity index (χ2n) is 4.79. The minimum absolute atomic E-state index is 0.640. The molecule has 15 heavy (non-hydrogen) atoms. The average molecular weight is 208 g/mol. The summed E-state index contributed by atoms with van der Waals surface area (Å²) in [6, 6.07) is 0.640. The third kappa shape index (κ3) is 2.56. The first-order valence-electron chi connectivity index (χ1n) is 5.74. The van der Waals surface area contributed by atoms with Gasteiger partial charge in [-0.15, -0.1) is 0 Å². The summed E-state index contributed by atoms with van der Waals surface area (Å²) in [5, 5.41) is 7.67. The highest BCUT2D eigenvalue weighted by molar-refractivity contribution is 4.91. The van der Waals surface area contributed by atoms with Gasteiger partial charge in [-0.1, -0.05) is 13.8 Å². The minimum atomic E-state index is 0.640. The number of aromatic nitrogens is 3. The molecule has 1 saturated carbocycles. The van der Waals surface area contributed by atoms with Crippen LogP contribution in [0.1, 0.15) is 32.5 Å². The van der Waals surface area contributed by atoms with Crippen molar-refractivity contribution in [2.45, 2.75) is 39.3 Å². The van der Waals surface area contributed by atoms with Crippen LogP contribution in [-0.2, 0) is 13.6 Å². The molecule has 4 nitrogen and oxygen atoms in total. The molecule has 0 aliphatic heterocycles. The van der Waals surface area contributed by atoms with E-state index in [-0.39, 0.29) is 0 Å². The molecule has 0 radical (unpaired) electrons. The van der Waals surface area contributed by atoms with Crippen molar-refractivity contribution >= 4 is 0 Å². The molecule has 1 fully saturated rings. The van der Waals surface area contributed by atoms with Crippen molar-refractivity contribution in [1.29, 1.82) is 0 Å². The number of hydrogen-bond acceptors (Lipinski definition) is 3. The van der Waals surface area contributed by atoms with Crippen molar-refractivity contribution in [3.8, 4) is 0 Å². The third-order valence-corrected chi connectivity index (χ3v) is 3.15. The van der Waals surface area contributed by atoms with Crippen LogP contribution in [-0.4, -0.2) is 20.8 Å². The van der Waals surface area contributed by atoms with Crippen molar-refractivity contribution in [2.24, 2.45) is 18.9 Å². The molecule has 1 heterocycles. The Labute approximate surface area is 91.1 Å². The second-order valence-corrected chi connectivity index (χ2v) is 4.79. The van der Waals surface area contributed by atoms with Gasteiger partial charge in [0.1, 0.15) is 12.2 Å². The number of nitrogens with one attached hydrogen (secondary N) is 1. The number of nitrogens with zero attached hydrogens (tertiary/aromatic N) is 3. The largest absolute Gasteiger partial charge is 0.307 e. The summed E-state index contributed by atoms with van der Waals surface area (Å²) in [4.78, 5) is 4.22. The molecule has 1 aromatic heterocycles. The minimum Gasteiger partial charge on any atom is -0.307 e. The molecule has 84 valence electrons. The van der Waals surface area contributed by atoms with Gasteiger partial charge in [0.2, 0.25) is 0 Å². The lowest BCUT2D eigenvalue weighted by molar-refractivity contribution is 0.353. The van der Waals surface area contributed by atoms with Gasteiger partial charge in [-0.2, -0.15) is 5.10 Å². The zero-order valence-electron chi connectivity index (χ0n) is 9.77. The van der Waals surface area contributed by atoms with Crippen LogP contribution in [0.4, 0.5) is 0 Å². The summed E-state index contributed by atoms with van der Waals surface area (Å²) in [7, 11) is 1.94. The molecule has 0 amide bonds. The number of hydrogen-bond donors (Lipinski definition) is 1. The Balaban J connectivity index is 1.88. The molecule has 0 spiro atoms. The monoisotopic (exact) mass is 208 g/mol. The lowest BCUT2D eigenvalue weighted by Gasteiger charge is -2.21. The molecular formula is C11H20N4. The second kappa shape index (κ2) is 4.31. The Morgan fingerprint density at radius 3 is 2.73 bits per heavy atom. The highest BCUT2D eigenvalue weighted by Crippen LogP contribution is 2.35. The predicted molar refractivity (Wildman–Crippen MR) is 59.2 cm³/mol. The van der Waals surface area contributed by atoms with Crippen LogP contribution in [0, 0.1) is 11.8 Å². The topological polar surface area (TPSA) is 42.7 Å². The molecule has 1 aliphatic carbocycles. The van der Waals surface area contributed by atoms with E-state index in [0.29, 0.717) is 12.0 Å². The Bertz CT molecular complexity index is 312. The maximum absolute atomic E-state index is 4.22. The Morgan fingerprint density at radius 2 is 2.27 bits per heavy atom. The smallest absolute Gasteiger partial charge is 0.140 e. The van der Waals surface area contributed by atoms with E-state index in [0.717, 1.165) is 18.3 Å². The van der Waals surface area contributed by atoms with Gasteiger partial charge in [-0.05, 0) is 24.7 Å². The van der Waals surface area contributed by atoms with Crippen LogP contribution >= 0.6 is 0 Å².